The van der Waals surface area contributed by atoms with Crippen LogP contribution in [0.1, 0.15) is 0 Å². The summed E-state index contributed by atoms with van der Waals surface area (Å²) in [5.41, 5.74) is 0.196. The number of sulfonamides is 1. The molecule has 0 radical (unpaired) electrons. The van der Waals surface area contributed by atoms with E-state index < -0.39 is 10.0 Å². The molecule has 0 aliphatic carbocycles. The van der Waals surface area contributed by atoms with Crippen LogP contribution in [0.3, 0.4) is 0 Å². The van der Waals surface area contributed by atoms with Crippen molar-refractivity contribution in [1.29, 1.82) is 5.26 Å². The Morgan fingerprint density at radius 1 is 1.53 bits per heavy atom. The van der Waals surface area contributed by atoms with Gasteiger partial charge >= 0.3 is 0 Å². The van der Waals surface area contributed by atoms with Gasteiger partial charge in [-0.2, -0.15) is 5.26 Å². The van der Waals surface area contributed by atoms with Gasteiger partial charge in [-0.25, -0.2) is 18.5 Å². The van der Waals surface area contributed by atoms with Gasteiger partial charge in [-0.1, -0.05) is 23.9 Å². The minimum absolute atomic E-state index is 0.0775. The highest BCUT2D eigenvalue weighted by Gasteiger charge is 2.13. The molecule has 1 aromatic carbocycles. The van der Waals surface area contributed by atoms with Gasteiger partial charge in [0.25, 0.3) is 0 Å². The molecule has 1 aromatic rings. The van der Waals surface area contributed by atoms with Gasteiger partial charge in [0.15, 0.2) is 11.4 Å². The summed E-state index contributed by atoms with van der Waals surface area (Å²) in [7, 11) is -3.83. The number of hydrogen-bond acceptors (Lipinski definition) is 5. The number of rotatable bonds is 2. The summed E-state index contributed by atoms with van der Waals surface area (Å²) in [5, 5.41) is 16.2. The average Bonchev–Trinajstić information content (AvgIpc) is 2.27. The number of nitrogens with two attached hydrogens (primary N) is 1. The number of aliphatic imine (C=N–C) groups is 1. The van der Waals surface area contributed by atoms with Crippen LogP contribution in [-0.2, 0) is 10.0 Å². The van der Waals surface area contributed by atoms with E-state index in [4.69, 9.17) is 10.4 Å². The molecule has 0 bridgehead atoms. The van der Waals surface area contributed by atoms with E-state index in [0.29, 0.717) is 5.17 Å². The van der Waals surface area contributed by atoms with E-state index in [2.05, 4.69) is 10.3 Å². The molecule has 0 spiro atoms. The molecule has 0 unspecified atom stereocenters. The Morgan fingerprint density at radius 2 is 2.18 bits per heavy atom. The molecule has 0 amide bonds. The van der Waals surface area contributed by atoms with Crippen LogP contribution in [0.5, 0.6) is 0 Å². The Labute approximate surface area is 104 Å². The van der Waals surface area contributed by atoms with Crippen molar-refractivity contribution in [2.75, 3.05) is 6.26 Å². The van der Waals surface area contributed by atoms with Crippen LogP contribution in [-0.4, -0.2) is 19.8 Å². The number of nitrogens with zero attached hydrogens (tertiary/aromatic N) is 2. The van der Waals surface area contributed by atoms with Gasteiger partial charge in [0.2, 0.25) is 10.0 Å². The summed E-state index contributed by atoms with van der Waals surface area (Å²) >= 11 is 1.19. The van der Waals surface area contributed by atoms with E-state index in [-0.39, 0.29) is 10.6 Å². The first kappa shape index (κ1) is 13.5. The van der Waals surface area contributed by atoms with Crippen LogP contribution < -0.4 is 10.5 Å². The van der Waals surface area contributed by atoms with Crippen molar-refractivity contribution < 1.29 is 8.42 Å². The Hall–Kier alpha value is -1.56. The topological polar surface area (TPSA) is 108 Å². The van der Waals surface area contributed by atoms with Crippen molar-refractivity contribution in [2.24, 2.45) is 10.1 Å². The van der Waals surface area contributed by atoms with E-state index in [1.54, 1.807) is 24.6 Å². The third-order valence-electron chi connectivity index (χ3n) is 1.75. The van der Waals surface area contributed by atoms with Crippen LogP contribution in [0.2, 0.25) is 0 Å². The number of thioether (sulfide) groups is 1. The number of nitrogens with one attached hydrogen (secondary N) is 1. The molecule has 17 heavy (non-hydrogen) atoms. The van der Waals surface area contributed by atoms with Gasteiger partial charge < -0.3 is 0 Å². The Kier molecular flexibility index (Phi) is 4.51. The SMILES string of the molecule is CSC(=Nc1ccccc1S(N)(=O)=O)NC#N. The largest absolute Gasteiger partial charge is 0.271 e. The zero-order valence-corrected chi connectivity index (χ0v) is 10.5. The van der Waals surface area contributed by atoms with Gasteiger partial charge in [0.1, 0.15) is 4.90 Å². The molecule has 90 valence electrons. The highest BCUT2D eigenvalue weighted by Crippen LogP contribution is 2.23. The number of primary sulfonamides is 1. The maximum Gasteiger partial charge on any atom is 0.240 e. The zero-order valence-electron chi connectivity index (χ0n) is 8.91. The lowest BCUT2D eigenvalue weighted by atomic mass is 10.3. The number of hydrogen-bond donors (Lipinski definition) is 2. The van der Waals surface area contributed by atoms with Crippen molar-refractivity contribution in [3.05, 3.63) is 24.3 Å². The van der Waals surface area contributed by atoms with Crippen molar-refractivity contribution in [3.63, 3.8) is 0 Å². The molecule has 3 N–H and O–H groups in total. The third kappa shape index (κ3) is 3.74. The predicted molar refractivity (Wildman–Crippen MR) is 67.2 cm³/mol. The summed E-state index contributed by atoms with van der Waals surface area (Å²) in [5.74, 6) is 0. The molecule has 8 heteroatoms. The van der Waals surface area contributed by atoms with Crippen LogP contribution in [0, 0.1) is 11.5 Å². The minimum atomic E-state index is -3.83. The quantitative estimate of drug-likeness (QED) is 0.357. The maximum absolute atomic E-state index is 11.3. The highest BCUT2D eigenvalue weighted by molar-refractivity contribution is 8.13. The molecule has 0 aromatic heterocycles. The van der Waals surface area contributed by atoms with Crippen LogP contribution in [0.4, 0.5) is 5.69 Å². The summed E-state index contributed by atoms with van der Waals surface area (Å²) in [6, 6.07) is 6.06. The molecule has 1 rings (SSSR count). The maximum atomic E-state index is 11.3. The van der Waals surface area contributed by atoms with Gasteiger partial charge in [-0.15, -0.1) is 0 Å². The van der Waals surface area contributed by atoms with E-state index in [1.165, 1.54) is 23.9 Å². The second kappa shape index (κ2) is 5.67. The van der Waals surface area contributed by atoms with Crippen LogP contribution in [0.25, 0.3) is 0 Å². The summed E-state index contributed by atoms with van der Waals surface area (Å²) < 4.78 is 22.6. The first-order valence-electron chi connectivity index (χ1n) is 4.38. The molecule has 0 atom stereocenters. The first-order valence-corrected chi connectivity index (χ1v) is 7.15. The fourth-order valence-corrected chi connectivity index (χ4v) is 2.08. The van der Waals surface area contributed by atoms with Gasteiger partial charge in [-0.05, 0) is 18.4 Å². The lowest BCUT2D eigenvalue weighted by Crippen LogP contribution is -2.15. The third-order valence-corrected chi connectivity index (χ3v) is 3.29. The van der Waals surface area contributed by atoms with Crippen LogP contribution >= 0.6 is 11.8 Å². The van der Waals surface area contributed by atoms with Gasteiger partial charge in [-0.3, -0.25) is 5.32 Å². The van der Waals surface area contributed by atoms with Crippen molar-refractivity contribution >= 4 is 32.6 Å². The van der Waals surface area contributed by atoms with Crippen molar-refractivity contribution in [1.82, 2.24) is 5.32 Å². The standard InChI is InChI=1S/C9H10N4O2S2/c1-16-9(12-6-10)13-7-4-2-3-5-8(7)17(11,14)15/h2-5H,1H3,(H,12,13)(H2,11,14,15). The summed E-state index contributed by atoms with van der Waals surface area (Å²) in [6.45, 7) is 0. The van der Waals surface area contributed by atoms with E-state index in [9.17, 15) is 8.42 Å². The Bertz CT molecular complexity index is 575. The van der Waals surface area contributed by atoms with E-state index in [1.807, 2.05) is 0 Å². The monoisotopic (exact) mass is 270 g/mol. The lowest BCUT2D eigenvalue weighted by Gasteiger charge is -2.04. The Balaban J connectivity index is 3.29. The Morgan fingerprint density at radius 3 is 2.71 bits per heavy atom. The highest BCUT2D eigenvalue weighted by atomic mass is 32.2. The number of amidine groups is 1. The molecular formula is C9H10N4O2S2. The van der Waals surface area contributed by atoms with Crippen molar-refractivity contribution in [2.45, 2.75) is 4.90 Å². The van der Waals surface area contributed by atoms with Gasteiger partial charge in [0.05, 0.1) is 5.69 Å². The molecular weight excluding hydrogens is 260 g/mol. The normalized spacial score (nSPS) is 11.9. The van der Waals surface area contributed by atoms with E-state index in [0.717, 1.165) is 0 Å². The van der Waals surface area contributed by atoms with E-state index >= 15 is 0 Å². The molecule has 0 saturated carbocycles. The summed E-state index contributed by atoms with van der Waals surface area (Å²) in [6.07, 6.45) is 3.43. The summed E-state index contributed by atoms with van der Waals surface area (Å²) in [4.78, 5) is 3.94. The van der Waals surface area contributed by atoms with Gasteiger partial charge in [0, 0.05) is 0 Å². The molecule has 0 aliphatic rings. The molecule has 0 saturated heterocycles. The fraction of sp³-hybridized carbons (Fsp3) is 0.111. The lowest BCUT2D eigenvalue weighted by molar-refractivity contribution is 0.598. The molecule has 6 nitrogen and oxygen atoms in total. The molecule has 0 heterocycles. The van der Waals surface area contributed by atoms with Crippen molar-refractivity contribution in [3.8, 4) is 6.19 Å². The molecule has 0 aliphatic heterocycles. The second-order valence-corrected chi connectivity index (χ2v) is 5.20. The molecule has 0 fully saturated rings. The second-order valence-electron chi connectivity index (χ2n) is 2.87. The number of para-hydroxylation sites is 1. The zero-order chi connectivity index (χ0) is 12.9. The fourth-order valence-electron chi connectivity index (χ4n) is 1.07. The number of benzene rings is 1. The first-order chi connectivity index (χ1) is 7.99. The average molecular weight is 270 g/mol. The minimum Gasteiger partial charge on any atom is -0.271 e. The number of nitriles is 1. The van der Waals surface area contributed by atoms with Crippen LogP contribution in [0.15, 0.2) is 34.2 Å². The smallest absolute Gasteiger partial charge is 0.240 e. The predicted octanol–water partition coefficient (Wildman–Crippen LogP) is 0.755.